The van der Waals surface area contributed by atoms with E-state index in [-0.39, 0.29) is 10.7 Å². The molecule has 12 heteroatoms. The van der Waals surface area contributed by atoms with Gasteiger partial charge in [0.2, 0.25) is 15.8 Å². The molecule has 0 saturated heterocycles. The standard InChI is InChI=1S/C17H20N4O7S/c1-10(19-29(26,27)11-7-5-4-6-8-11)16(24)28-9-12(22)13-14(18)20(2)17(25)21(3)15(13)23/h4-8,10,19H,9,18H2,1-3H3/t10-/m0/s1. The molecule has 0 bridgehead atoms. The Morgan fingerprint density at radius 1 is 1.14 bits per heavy atom. The number of sulfonamides is 1. The molecule has 0 spiro atoms. The molecule has 3 N–H and O–H groups in total. The highest BCUT2D eigenvalue weighted by molar-refractivity contribution is 7.89. The lowest BCUT2D eigenvalue weighted by atomic mass is 10.2. The maximum atomic E-state index is 12.3. The van der Waals surface area contributed by atoms with Gasteiger partial charge in [0.1, 0.15) is 17.4 Å². The van der Waals surface area contributed by atoms with Crippen LogP contribution in [0.2, 0.25) is 0 Å². The van der Waals surface area contributed by atoms with E-state index in [9.17, 15) is 27.6 Å². The molecule has 0 aliphatic carbocycles. The minimum absolute atomic E-state index is 0.0443. The van der Waals surface area contributed by atoms with Gasteiger partial charge in [0.05, 0.1) is 4.90 Å². The number of nitrogens with zero attached hydrogens (tertiary/aromatic N) is 2. The first-order chi connectivity index (χ1) is 13.5. The van der Waals surface area contributed by atoms with Gasteiger partial charge < -0.3 is 10.5 Å². The van der Waals surface area contributed by atoms with Crippen molar-refractivity contribution in [3.8, 4) is 0 Å². The van der Waals surface area contributed by atoms with E-state index in [1.165, 1.54) is 45.3 Å². The number of nitrogen functional groups attached to an aromatic ring is 1. The third-order valence-corrected chi connectivity index (χ3v) is 5.63. The molecule has 0 aliphatic rings. The summed E-state index contributed by atoms with van der Waals surface area (Å²) in [6.45, 7) is 0.390. The molecule has 1 atom stereocenters. The number of ketones is 1. The zero-order valence-electron chi connectivity index (χ0n) is 15.9. The first kappa shape index (κ1) is 22.0. The Hall–Kier alpha value is -3.25. The number of esters is 1. The van der Waals surface area contributed by atoms with E-state index in [0.29, 0.717) is 4.57 Å². The van der Waals surface area contributed by atoms with Gasteiger partial charge in [-0.2, -0.15) is 4.72 Å². The number of ether oxygens (including phenoxy) is 1. The fourth-order valence-corrected chi connectivity index (χ4v) is 3.62. The second kappa shape index (κ2) is 8.41. The van der Waals surface area contributed by atoms with Crippen LogP contribution in [0.4, 0.5) is 5.82 Å². The molecule has 1 heterocycles. The Kier molecular flexibility index (Phi) is 6.39. The molecule has 0 amide bonds. The molecule has 0 fully saturated rings. The predicted molar refractivity (Wildman–Crippen MR) is 103 cm³/mol. The molecule has 11 nitrogen and oxygen atoms in total. The molecule has 1 aromatic heterocycles. The van der Waals surface area contributed by atoms with Gasteiger partial charge in [0.25, 0.3) is 5.56 Å². The first-order valence-electron chi connectivity index (χ1n) is 8.30. The van der Waals surface area contributed by atoms with Crippen molar-refractivity contribution < 1.29 is 22.7 Å². The fourth-order valence-electron chi connectivity index (χ4n) is 2.40. The predicted octanol–water partition coefficient (Wildman–Crippen LogP) is -1.24. The van der Waals surface area contributed by atoms with Crippen LogP contribution in [0.3, 0.4) is 0 Å². The lowest BCUT2D eigenvalue weighted by molar-refractivity contribution is -0.144. The number of rotatable bonds is 7. The molecule has 2 rings (SSSR count). The van der Waals surface area contributed by atoms with Crippen LogP contribution < -0.4 is 21.7 Å². The maximum Gasteiger partial charge on any atom is 0.332 e. The van der Waals surface area contributed by atoms with Crippen molar-refractivity contribution in [2.45, 2.75) is 17.9 Å². The van der Waals surface area contributed by atoms with E-state index >= 15 is 0 Å². The number of Topliss-reactive ketones (excluding diaryl/α,β-unsaturated/α-hetero) is 1. The normalized spacial score (nSPS) is 12.4. The van der Waals surface area contributed by atoms with Crippen molar-refractivity contribution in [3.05, 3.63) is 56.7 Å². The molecule has 0 aliphatic heterocycles. The van der Waals surface area contributed by atoms with Gasteiger partial charge in [0, 0.05) is 14.1 Å². The van der Waals surface area contributed by atoms with Crippen molar-refractivity contribution in [2.75, 3.05) is 12.3 Å². The number of hydrogen-bond donors (Lipinski definition) is 2. The van der Waals surface area contributed by atoms with Crippen molar-refractivity contribution >= 4 is 27.6 Å². The van der Waals surface area contributed by atoms with Crippen LogP contribution in [0.15, 0.2) is 44.8 Å². The van der Waals surface area contributed by atoms with Crippen molar-refractivity contribution in [2.24, 2.45) is 14.1 Å². The summed E-state index contributed by atoms with van der Waals surface area (Å²) in [6.07, 6.45) is 0. The topological polar surface area (TPSA) is 160 Å². The number of anilines is 1. The summed E-state index contributed by atoms with van der Waals surface area (Å²) in [5, 5.41) is 0. The summed E-state index contributed by atoms with van der Waals surface area (Å²) in [7, 11) is -1.52. The van der Waals surface area contributed by atoms with Crippen LogP contribution in [0.1, 0.15) is 17.3 Å². The highest BCUT2D eigenvalue weighted by Gasteiger charge is 2.25. The maximum absolute atomic E-state index is 12.3. The highest BCUT2D eigenvalue weighted by atomic mass is 32.2. The number of nitrogens with one attached hydrogen (secondary N) is 1. The smallest absolute Gasteiger partial charge is 0.332 e. The van der Waals surface area contributed by atoms with Gasteiger partial charge in [-0.3, -0.25) is 23.5 Å². The summed E-state index contributed by atoms with van der Waals surface area (Å²) < 4.78 is 33.0. The summed E-state index contributed by atoms with van der Waals surface area (Å²) in [5.41, 5.74) is 3.52. The van der Waals surface area contributed by atoms with Crippen molar-refractivity contribution in [1.29, 1.82) is 0 Å². The molecule has 29 heavy (non-hydrogen) atoms. The minimum atomic E-state index is -3.97. The van der Waals surface area contributed by atoms with Crippen LogP contribution >= 0.6 is 0 Å². The summed E-state index contributed by atoms with van der Waals surface area (Å²) in [6, 6.07) is 6.08. The Morgan fingerprint density at radius 2 is 1.72 bits per heavy atom. The fraction of sp³-hybridized carbons (Fsp3) is 0.294. The van der Waals surface area contributed by atoms with E-state index < -0.39 is 51.2 Å². The highest BCUT2D eigenvalue weighted by Crippen LogP contribution is 2.09. The average molecular weight is 424 g/mol. The van der Waals surface area contributed by atoms with Crippen LogP contribution in [-0.2, 0) is 33.7 Å². The van der Waals surface area contributed by atoms with Crippen molar-refractivity contribution in [1.82, 2.24) is 13.9 Å². The molecule has 1 aromatic carbocycles. The number of carbonyl (C=O) groups excluding carboxylic acids is 2. The van der Waals surface area contributed by atoms with E-state index in [1.807, 2.05) is 0 Å². The average Bonchev–Trinajstić information content (AvgIpc) is 2.69. The molecule has 0 unspecified atom stereocenters. The summed E-state index contributed by atoms with van der Waals surface area (Å²) in [4.78, 5) is 48.3. The molecule has 2 aromatic rings. The monoisotopic (exact) mass is 424 g/mol. The molecular formula is C17H20N4O7S. The summed E-state index contributed by atoms with van der Waals surface area (Å²) >= 11 is 0. The largest absolute Gasteiger partial charge is 0.456 e. The Labute approximate surface area is 165 Å². The van der Waals surface area contributed by atoms with E-state index in [2.05, 4.69) is 4.72 Å². The number of benzene rings is 1. The van der Waals surface area contributed by atoms with E-state index in [4.69, 9.17) is 10.5 Å². The number of hydrogen-bond acceptors (Lipinski definition) is 8. The van der Waals surface area contributed by atoms with Gasteiger partial charge in [-0.15, -0.1) is 0 Å². The van der Waals surface area contributed by atoms with Gasteiger partial charge in [-0.1, -0.05) is 18.2 Å². The molecule has 156 valence electrons. The summed E-state index contributed by atoms with van der Waals surface area (Å²) in [5.74, 6) is -2.32. The zero-order chi connectivity index (χ0) is 21.9. The second-order valence-electron chi connectivity index (χ2n) is 6.15. The van der Waals surface area contributed by atoms with E-state index in [1.54, 1.807) is 6.07 Å². The Bertz CT molecular complexity index is 1170. The molecule has 0 radical (unpaired) electrons. The van der Waals surface area contributed by atoms with Gasteiger partial charge in [0.15, 0.2) is 6.61 Å². The Balaban J connectivity index is 2.11. The van der Waals surface area contributed by atoms with Crippen LogP contribution in [0, 0.1) is 0 Å². The molecular weight excluding hydrogens is 404 g/mol. The number of nitrogens with two attached hydrogens (primary N) is 1. The third-order valence-electron chi connectivity index (χ3n) is 4.07. The quantitative estimate of drug-likeness (QED) is 0.412. The lowest BCUT2D eigenvalue weighted by Crippen LogP contribution is -2.43. The van der Waals surface area contributed by atoms with Gasteiger partial charge in [-0.05, 0) is 19.1 Å². The zero-order valence-corrected chi connectivity index (χ0v) is 16.7. The van der Waals surface area contributed by atoms with Crippen molar-refractivity contribution in [3.63, 3.8) is 0 Å². The minimum Gasteiger partial charge on any atom is -0.456 e. The van der Waals surface area contributed by atoms with Gasteiger partial charge >= 0.3 is 11.7 Å². The third kappa shape index (κ3) is 4.60. The van der Waals surface area contributed by atoms with Gasteiger partial charge in [-0.25, -0.2) is 13.2 Å². The first-order valence-corrected chi connectivity index (χ1v) is 9.78. The van der Waals surface area contributed by atoms with E-state index in [0.717, 1.165) is 4.57 Å². The molecule has 0 saturated carbocycles. The second-order valence-corrected chi connectivity index (χ2v) is 7.87. The number of aromatic nitrogens is 2. The number of carbonyl (C=O) groups is 2. The SMILES string of the molecule is C[C@H](NS(=O)(=O)c1ccccc1)C(=O)OCC(=O)c1c(N)n(C)c(=O)n(C)c1=O. The lowest BCUT2D eigenvalue weighted by Gasteiger charge is -2.14. The Morgan fingerprint density at radius 3 is 2.31 bits per heavy atom. The van der Waals surface area contributed by atoms with Crippen LogP contribution in [0.25, 0.3) is 0 Å². The van der Waals surface area contributed by atoms with Crippen LogP contribution in [0.5, 0.6) is 0 Å². The van der Waals surface area contributed by atoms with Crippen LogP contribution in [-0.4, -0.2) is 42.0 Å².